The lowest BCUT2D eigenvalue weighted by Gasteiger charge is -2.38. The molecule has 0 aliphatic carbocycles. The van der Waals surface area contributed by atoms with E-state index in [2.05, 4.69) is 15.5 Å². The molecule has 2 aromatic rings. The maximum absolute atomic E-state index is 13.3. The van der Waals surface area contributed by atoms with Crippen LogP contribution in [0.1, 0.15) is 41.6 Å². The Labute approximate surface area is 204 Å². The quantitative estimate of drug-likeness (QED) is 0.232. The van der Waals surface area contributed by atoms with Crippen molar-refractivity contribution in [3.63, 3.8) is 0 Å². The molecule has 0 spiro atoms. The molecule has 2 N–H and O–H groups in total. The number of rotatable bonds is 7. The van der Waals surface area contributed by atoms with Crippen molar-refractivity contribution in [1.29, 1.82) is 0 Å². The van der Waals surface area contributed by atoms with Gasteiger partial charge in [0.2, 0.25) is 0 Å². The summed E-state index contributed by atoms with van der Waals surface area (Å²) in [6.45, 7) is 7.41. The number of halogens is 2. The van der Waals surface area contributed by atoms with Gasteiger partial charge in [0.05, 0.1) is 17.5 Å². The minimum absolute atomic E-state index is 0. The SMILES string of the molecule is CCNC(=NCCCNC(=O)c1cccs1)N1CC(C)OC(c2ccc(F)cc2)C1.I. The van der Waals surface area contributed by atoms with Gasteiger partial charge in [-0.05, 0) is 49.4 Å². The molecule has 1 aromatic carbocycles. The minimum atomic E-state index is -0.250. The maximum atomic E-state index is 13.3. The molecule has 1 saturated heterocycles. The third-order valence-electron chi connectivity index (χ3n) is 4.76. The number of amides is 1. The van der Waals surface area contributed by atoms with Crippen LogP contribution < -0.4 is 10.6 Å². The van der Waals surface area contributed by atoms with Crippen molar-refractivity contribution in [1.82, 2.24) is 15.5 Å². The molecule has 1 aliphatic heterocycles. The molecular weight excluding hydrogens is 530 g/mol. The predicted octanol–water partition coefficient (Wildman–Crippen LogP) is 4.05. The first kappa shape index (κ1) is 25.5. The fraction of sp³-hybridized carbons (Fsp3) is 0.455. The molecule has 0 radical (unpaired) electrons. The Balaban J connectivity index is 0.00000341. The Morgan fingerprint density at radius 3 is 2.71 bits per heavy atom. The minimum Gasteiger partial charge on any atom is -0.367 e. The number of thiophene rings is 1. The van der Waals surface area contributed by atoms with Gasteiger partial charge in [-0.2, -0.15) is 0 Å². The number of ether oxygens (including phenoxy) is 1. The van der Waals surface area contributed by atoms with E-state index in [0.29, 0.717) is 19.6 Å². The molecule has 1 aromatic heterocycles. The number of hydrogen-bond acceptors (Lipinski definition) is 4. The van der Waals surface area contributed by atoms with E-state index in [0.717, 1.165) is 35.9 Å². The largest absolute Gasteiger partial charge is 0.367 e. The van der Waals surface area contributed by atoms with E-state index in [1.165, 1.54) is 23.5 Å². The number of nitrogens with one attached hydrogen (secondary N) is 2. The second-order valence-electron chi connectivity index (χ2n) is 7.21. The Morgan fingerprint density at radius 1 is 1.26 bits per heavy atom. The Morgan fingerprint density at radius 2 is 2.03 bits per heavy atom. The molecule has 6 nitrogen and oxygen atoms in total. The molecular formula is C22H30FIN4O2S. The molecule has 1 aliphatic rings. The third kappa shape index (κ3) is 7.73. The number of aliphatic imine (C=N–C) groups is 1. The normalized spacial score (nSPS) is 18.9. The van der Waals surface area contributed by atoms with E-state index in [4.69, 9.17) is 9.73 Å². The van der Waals surface area contributed by atoms with Gasteiger partial charge >= 0.3 is 0 Å². The van der Waals surface area contributed by atoms with Crippen LogP contribution in [0.15, 0.2) is 46.8 Å². The predicted molar refractivity (Wildman–Crippen MR) is 134 cm³/mol. The fourth-order valence-corrected chi connectivity index (χ4v) is 4.01. The smallest absolute Gasteiger partial charge is 0.261 e. The fourth-order valence-electron chi connectivity index (χ4n) is 3.37. The lowest BCUT2D eigenvalue weighted by Crippen LogP contribution is -2.50. The zero-order valence-electron chi connectivity index (χ0n) is 17.8. The van der Waals surface area contributed by atoms with Gasteiger partial charge in [0.1, 0.15) is 11.9 Å². The molecule has 3 rings (SSSR count). The van der Waals surface area contributed by atoms with E-state index in [9.17, 15) is 9.18 Å². The zero-order valence-corrected chi connectivity index (χ0v) is 21.0. The van der Waals surface area contributed by atoms with E-state index in [1.807, 2.05) is 31.4 Å². The number of guanidine groups is 1. The molecule has 9 heteroatoms. The van der Waals surface area contributed by atoms with Crippen LogP contribution >= 0.6 is 35.3 Å². The van der Waals surface area contributed by atoms with E-state index >= 15 is 0 Å². The zero-order chi connectivity index (χ0) is 21.3. The van der Waals surface area contributed by atoms with Gasteiger partial charge in [-0.3, -0.25) is 9.79 Å². The van der Waals surface area contributed by atoms with E-state index in [-0.39, 0.29) is 47.9 Å². The first-order valence-corrected chi connectivity index (χ1v) is 11.2. The average molecular weight is 560 g/mol. The molecule has 2 unspecified atom stereocenters. The monoisotopic (exact) mass is 560 g/mol. The van der Waals surface area contributed by atoms with Crippen molar-refractivity contribution in [3.05, 3.63) is 58.0 Å². The molecule has 1 amide bonds. The van der Waals surface area contributed by atoms with Gasteiger partial charge in [0, 0.05) is 26.2 Å². The standard InChI is InChI=1S/C22H29FN4O2S.HI/c1-3-24-22(26-12-5-11-25-21(28)20-6-4-13-30-20)27-14-16(2)29-19(15-27)17-7-9-18(23)10-8-17;/h4,6-10,13,16,19H,3,5,11-12,14-15H2,1-2H3,(H,24,26)(H,25,28);1H. The van der Waals surface area contributed by atoms with Gasteiger partial charge in [-0.25, -0.2) is 4.39 Å². The van der Waals surface area contributed by atoms with Gasteiger partial charge < -0.3 is 20.3 Å². The Hall–Kier alpha value is -1.72. The molecule has 1 fully saturated rings. The van der Waals surface area contributed by atoms with Crippen LogP contribution in [0.2, 0.25) is 0 Å². The summed E-state index contributed by atoms with van der Waals surface area (Å²) in [5.41, 5.74) is 0.958. The third-order valence-corrected chi connectivity index (χ3v) is 5.63. The summed E-state index contributed by atoms with van der Waals surface area (Å²) >= 11 is 1.44. The number of benzene rings is 1. The first-order chi connectivity index (χ1) is 14.6. The van der Waals surface area contributed by atoms with Crippen molar-refractivity contribution in [3.8, 4) is 0 Å². The van der Waals surface area contributed by atoms with Crippen molar-refractivity contribution in [2.45, 2.75) is 32.5 Å². The summed E-state index contributed by atoms with van der Waals surface area (Å²) in [7, 11) is 0. The summed E-state index contributed by atoms with van der Waals surface area (Å²) in [6, 6.07) is 10.2. The van der Waals surface area contributed by atoms with Gasteiger partial charge in [-0.1, -0.05) is 18.2 Å². The molecule has 170 valence electrons. The van der Waals surface area contributed by atoms with Crippen LogP contribution in [-0.4, -0.2) is 55.6 Å². The van der Waals surface area contributed by atoms with E-state index < -0.39 is 0 Å². The maximum Gasteiger partial charge on any atom is 0.261 e. The van der Waals surface area contributed by atoms with Crippen molar-refractivity contribution >= 4 is 47.2 Å². The van der Waals surface area contributed by atoms with Crippen LogP contribution in [-0.2, 0) is 4.74 Å². The Bertz CT molecular complexity index is 833. The first-order valence-electron chi connectivity index (χ1n) is 10.3. The molecule has 0 bridgehead atoms. The lowest BCUT2D eigenvalue weighted by molar-refractivity contribution is -0.0605. The van der Waals surface area contributed by atoms with Crippen LogP contribution in [0.25, 0.3) is 0 Å². The number of hydrogen-bond donors (Lipinski definition) is 2. The average Bonchev–Trinajstić information content (AvgIpc) is 3.28. The van der Waals surface area contributed by atoms with Crippen molar-refractivity contribution < 1.29 is 13.9 Å². The topological polar surface area (TPSA) is 66.0 Å². The van der Waals surface area contributed by atoms with Crippen LogP contribution in [0.3, 0.4) is 0 Å². The Kier molecular flexibility index (Phi) is 10.7. The molecule has 2 heterocycles. The highest BCUT2D eigenvalue weighted by molar-refractivity contribution is 14.0. The lowest BCUT2D eigenvalue weighted by atomic mass is 10.1. The molecule has 31 heavy (non-hydrogen) atoms. The number of morpholine rings is 1. The second kappa shape index (κ2) is 13.0. The summed E-state index contributed by atoms with van der Waals surface area (Å²) in [5, 5.41) is 8.17. The summed E-state index contributed by atoms with van der Waals surface area (Å²) in [5.74, 6) is 0.551. The van der Waals surface area contributed by atoms with Crippen LogP contribution in [0.4, 0.5) is 4.39 Å². The highest BCUT2D eigenvalue weighted by atomic mass is 127. The van der Waals surface area contributed by atoms with E-state index in [1.54, 1.807) is 12.1 Å². The number of nitrogens with zero attached hydrogens (tertiary/aromatic N) is 2. The van der Waals surface area contributed by atoms with Crippen LogP contribution in [0.5, 0.6) is 0 Å². The van der Waals surface area contributed by atoms with Gasteiger partial charge in [0.25, 0.3) is 5.91 Å². The highest BCUT2D eigenvalue weighted by Crippen LogP contribution is 2.25. The van der Waals surface area contributed by atoms with Gasteiger partial charge in [0.15, 0.2) is 5.96 Å². The van der Waals surface area contributed by atoms with Crippen molar-refractivity contribution in [2.24, 2.45) is 4.99 Å². The van der Waals surface area contributed by atoms with Gasteiger partial charge in [-0.15, -0.1) is 35.3 Å². The highest BCUT2D eigenvalue weighted by Gasteiger charge is 2.28. The number of carbonyl (C=O) groups excluding carboxylic acids is 1. The second-order valence-corrected chi connectivity index (χ2v) is 8.16. The summed E-state index contributed by atoms with van der Waals surface area (Å²) in [4.78, 5) is 19.6. The summed E-state index contributed by atoms with van der Waals surface area (Å²) in [6.07, 6.45) is 0.652. The molecule has 2 atom stereocenters. The number of carbonyl (C=O) groups is 1. The summed E-state index contributed by atoms with van der Waals surface area (Å²) < 4.78 is 19.3. The van der Waals surface area contributed by atoms with Crippen LogP contribution in [0, 0.1) is 5.82 Å². The van der Waals surface area contributed by atoms with Crippen molar-refractivity contribution in [2.75, 3.05) is 32.7 Å². The molecule has 0 saturated carbocycles.